The van der Waals surface area contributed by atoms with Gasteiger partial charge in [-0.15, -0.1) is 0 Å². The van der Waals surface area contributed by atoms with E-state index in [2.05, 4.69) is 90.0 Å². The van der Waals surface area contributed by atoms with E-state index in [0.717, 1.165) is 22.7 Å². The first-order chi connectivity index (χ1) is 14.7. The molecular formula is C29H53NO3. The van der Waals surface area contributed by atoms with Crippen molar-refractivity contribution < 1.29 is 14.4 Å². The van der Waals surface area contributed by atoms with E-state index in [4.69, 9.17) is 0 Å². The third-order valence-corrected chi connectivity index (χ3v) is 2.80. The average molecular weight is 464 g/mol. The zero-order chi connectivity index (χ0) is 27.1. The molecule has 1 aliphatic heterocycles. The number of benzene rings is 1. The minimum absolute atomic E-state index is 0.200. The molecule has 0 radical (unpaired) electrons. The number of ketones is 1. The summed E-state index contributed by atoms with van der Waals surface area (Å²) in [6.45, 7) is 31.2. The Labute approximate surface area is 205 Å². The van der Waals surface area contributed by atoms with E-state index in [1.54, 1.807) is 31.2 Å². The first-order valence-corrected chi connectivity index (χ1v) is 12.2. The summed E-state index contributed by atoms with van der Waals surface area (Å²) >= 11 is 0. The zero-order valence-electron chi connectivity index (χ0n) is 24.3. The largest absolute Gasteiger partial charge is 0.298 e. The molecular weight excluding hydrogens is 410 g/mol. The van der Waals surface area contributed by atoms with Gasteiger partial charge in [0.1, 0.15) is 0 Å². The maximum Gasteiger partial charge on any atom is 0.262 e. The summed E-state index contributed by atoms with van der Waals surface area (Å²) in [5.41, 5.74) is 1.25. The van der Waals surface area contributed by atoms with E-state index in [1.165, 1.54) is 6.92 Å². The molecule has 4 nitrogen and oxygen atoms in total. The van der Waals surface area contributed by atoms with Crippen LogP contribution in [0.25, 0.3) is 0 Å². The molecule has 0 N–H and O–H groups in total. The molecule has 0 aliphatic carbocycles. The van der Waals surface area contributed by atoms with Crippen molar-refractivity contribution in [2.45, 2.75) is 110 Å². The highest BCUT2D eigenvalue weighted by atomic mass is 16.2. The molecule has 0 bridgehead atoms. The number of rotatable bonds is 2. The number of carbonyl (C=O) groups excluding carboxylic acids is 3. The minimum Gasteiger partial charge on any atom is -0.298 e. The molecule has 1 atom stereocenters. The summed E-state index contributed by atoms with van der Waals surface area (Å²) in [4.78, 5) is 36.1. The van der Waals surface area contributed by atoms with E-state index in [0.29, 0.717) is 16.5 Å². The van der Waals surface area contributed by atoms with E-state index in [9.17, 15) is 14.4 Å². The molecule has 2 amide bonds. The van der Waals surface area contributed by atoms with Gasteiger partial charge in [-0.05, 0) is 49.1 Å². The molecule has 1 unspecified atom stereocenters. The van der Waals surface area contributed by atoms with Gasteiger partial charge in [0.25, 0.3) is 11.8 Å². The van der Waals surface area contributed by atoms with E-state index < -0.39 is 6.04 Å². The van der Waals surface area contributed by atoms with Gasteiger partial charge in [0, 0.05) is 0 Å². The van der Waals surface area contributed by atoms with Gasteiger partial charge in [0.05, 0.1) is 17.2 Å². The SMILES string of the molecule is CC(=O)C(C)N1C(=O)c2ccccc2C1=O.CC(C)(C)C.CC(C)C.CC(C)C.CC(C)C. The summed E-state index contributed by atoms with van der Waals surface area (Å²) in [5, 5.41) is 0. The summed E-state index contributed by atoms with van der Waals surface area (Å²) in [5.74, 6) is 1.53. The number of amides is 2. The molecule has 4 heteroatoms. The molecule has 0 spiro atoms. The number of nitrogens with zero attached hydrogens (tertiary/aromatic N) is 1. The van der Waals surface area contributed by atoms with Gasteiger partial charge < -0.3 is 0 Å². The Morgan fingerprint density at radius 2 is 0.879 bits per heavy atom. The summed E-state index contributed by atoms with van der Waals surface area (Å²) in [6, 6.07) is 5.90. The van der Waals surface area contributed by atoms with Crippen LogP contribution >= 0.6 is 0 Å². The normalized spacial score (nSPS) is 13.0. The van der Waals surface area contributed by atoms with Crippen LogP contribution in [0.2, 0.25) is 0 Å². The van der Waals surface area contributed by atoms with Crippen LogP contribution in [0.15, 0.2) is 24.3 Å². The highest BCUT2D eigenvalue weighted by molar-refractivity contribution is 6.22. The third-order valence-electron chi connectivity index (χ3n) is 2.80. The lowest BCUT2D eigenvalue weighted by Crippen LogP contribution is -2.41. The number of Topliss-reactive ketones (excluding diaryl/α,β-unsaturated/α-hetero) is 1. The van der Waals surface area contributed by atoms with Gasteiger partial charge in [-0.25, -0.2) is 0 Å². The lowest BCUT2D eigenvalue weighted by atomic mass is 10.0. The van der Waals surface area contributed by atoms with Crippen LogP contribution in [0.5, 0.6) is 0 Å². The lowest BCUT2D eigenvalue weighted by molar-refractivity contribution is -0.120. The summed E-state index contributed by atoms with van der Waals surface area (Å²) in [7, 11) is 0. The third kappa shape index (κ3) is 21.6. The number of hydrogen-bond donors (Lipinski definition) is 0. The Kier molecular flexibility index (Phi) is 18.9. The molecule has 0 aromatic heterocycles. The Morgan fingerprint density at radius 1 is 0.667 bits per heavy atom. The van der Waals surface area contributed by atoms with Crippen molar-refractivity contribution in [1.82, 2.24) is 4.90 Å². The lowest BCUT2D eigenvalue weighted by Gasteiger charge is -2.19. The van der Waals surface area contributed by atoms with Gasteiger partial charge in [0.15, 0.2) is 5.78 Å². The quantitative estimate of drug-likeness (QED) is 0.414. The second-order valence-corrected chi connectivity index (χ2v) is 12.0. The van der Waals surface area contributed by atoms with Gasteiger partial charge >= 0.3 is 0 Å². The van der Waals surface area contributed by atoms with Crippen LogP contribution in [0.1, 0.15) is 125 Å². The minimum atomic E-state index is -0.701. The van der Waals surface area contributed by atoms with Crippen molar-refractivity contribution in [3.8, 4) is 0 Å². The number of imide groups is 1. The molecule has 0 saturated heterocycles. The Bertz CT molecular complexity index is 634. The fraction of sp³-hybridized carbons (Fsp3) is 0.690. The van der Waals surface area contributed by atoms with Crippen LogP contribution in [-0.4, -0.2) is 28.5 Å². The van der Waals surface area contributed by atoms with Crippen LogP contribution < -0.4 is 0 Å². The predicted octanol–water partition coefficient (Wildman–Crippen LogP) is 8.30. The number of fused-ring (bicyclic) bond motifs is 1. The Hall–Kier alpha value is -1.97. The highest BCUT2D eigenvalue weighted by Crippen LogP contribution is 2.24. The van der Waals surface area contributed by atoms with Crippen molar-refractivity contribution >= 4 is 17.6 Å². The Balaban J connectivity index is -0.000000436. The molecule has 1 heterocycles. The van der Waals surface area contributed by atoms with E-state index >= 15 is 0 Å². The molecule has 192 valence electrons. The molecule has 2 rings (SSSR count). The second kappa shape index (κ2) is 17.5. The summed E-state index contributed by atoms with van der Waals surface area (Å²) < 4.78 is 0. The molecule has 0 fully saturated rings. The smallest absolute Gasteiger partial charge is 0.262 e. The fourth-order valence-electron chi connectivity index (χ4n) is 1.74. The number of carbonyl (C=O) groups is 3. The molecule has 1 aromatic rings. The van der Waals surface area contributed by atoms with Crippen molar-refractivity contribution in [2.24, 2.45) is 23.2 Å². The van der Waals surface area contributed by atoms with Crippen molar-refractivity contribution in [3.63, 3.8) is 0 Å². The van der Waals surface area contributed by atoms with E-state index in [-0.39, 0.29) is 17.6 Å². The zero-order valence-corrected chi connectivity index (χ0v) is 24.3. The molecule has 0 saturated carbocycles. The topological polar surface area (TPSA) is 54.5 Å². The molecule has 1 aliphatic rings. The first-order valence-electron chi connectivity index (χ1n) is 12.2. The first kappa shape index (κ1) is 35.6. The standard InChI is InChI=1S/C12H11NO3.C5H12.3C4H10/c1-7(8(2)14)13-11(15)9-5-3-4-6-10(9)12(13)16;1-5(2,3)4;3*1-4(2)3/h3-7H,1-2H3;1-4H3;3*4H,1-3H3. The van der Waals surface area contributed by atoms with Crippen molar-refractivity contribution in [2.75, 3.05) is 0 Å². The van der Waals surface area contributed by atoms with Gasteiger partial charge in [-0.2, -0.15) is 0 Å². The fourth-order valence-corrected chi connectivity index (χ4v) is 1.74. The van der Waals surface area contributed by atoms with Gasteiger partial charge in [0.2, 0.25) is 0 Å². The molecule has 33 heavy (non-hydrogen) atoms. The maximum atomic E-state index is 11.9. The predicted molar refractivity (Wildman–Crippen MR) is 144 cm³/mol. The van der Waals surface area contributed by atoms with Crippen LogP contribution in [0.4, 0.5) is 0 Å². The van der Waals surface area contributed by atoms with Crippen molar-refractivity contribution in [1.29, 1.82) is 0 Å². The highest BCUT2D eigenvalue weighted by Gasteiger charge is 2.39. The Morgan fingerprint density at radius 3 is 1.06 bits per heavy atom. The van der Waals surface area contributed by atoms with E-state index in [1.807, 2.05) is 0 Å². The second-order valence-electron chi connectivity index (χ2n) is 12.0. The molecule has 1 aromatic carbocycles. The average Bonchev–Trinajstić information content (AvgIpc) is 2.83. The van der Waals surface area contributed by atoms with Crippen LogP contribution in [-0.2, 0) is 4.79 Å². The summed E-state index contributed by atoms with van der Waals surface area (Å²) in [6.07, 6.45) is 0. The monoisotopic (exact) mass is 463 g/mol. The van der Waals surface area contributed by atoms with Crippen LogP contribution in [0.3, 0.4) is 0 Å². The van der Waals surface area contributed by atoms with Crippen molar-refractivity contribution in [3.05, 3.63) is 35.4 Å². The maximum absolute atomic E-state index is 11.9. The number of hydrogen-bond acceptors (Lipinski definition) is 3. The van der Waals surface area contributed by atoms with Crippen LogP contribution in [0, 0.1) is 23.2 Å². The van der Waals surface area contributed by atoms with Gasteiger partial charge in [-0.3, -0.25) is 19.3 Å². The van der Waals surface area contributed by atoms with Gasteiger partial charge in [-0.1, -0.05) is 102 Å².